The molecule has 0 fully saturated rings. The van der Waals surface area contributed by atoms with Crippen molar-refractivity contribution in [2.45, 2.75) is 13.0 Å². The van der Waals surface area contributed by atoms with Gasteiger partial charge in [0.2, 0.25) is 5.95 Å². The molecule has 0 radical (unpaired) electrons. The van der Waals surface area contributed by atoms with Gasteiger partial charge in [-0.25, -0.2) is 9.78 Å². The first-order valence-corrected chi connectivity index (χ1v) is 4.26. The van der Waals surface area contributed by atoms with E-state index >= 15 is 0 Å². The van der Waals surface area contributed by atoms with Crippen LogP contribution in [-0.2, 0) is 0 Å². The second-order valence-electron chi connectivity index (χ2n) is 3.24. The molecule has 6 nitrogen and oxygen atoms in total. The number of anilines is 2. The van der Waals surface area contributed by atoms with Crippen LogP contribution in [0.15, 0.2) is 6.20 Å². The molecule has 14 heavy (non-hydrogen) atoms. The summed E-state index contributed by atoms with van der Waals surface area (Å²) in [7, 11) is 1.65. The Balaban J connectivity index is 2.56. The number of nitrogen functional groups attached to an aromatic ring is 1. The van der Waals surface area contributed by atoms with Gasteiger partial charge in [0.1, 0.15) is 5.82 Å². The highest BCUT2D eigenvalue weighted by Gasteiger charge is 2.27. The van der Waals surface area contributed by atoms with Crippen LogP contribution in [0.2, 0.25) is 0 Å². The van der Waals surface area contributed by atoms with Crippen molar-refractivity contribution in [2.24, 2.45) is 0 Å². The monoisotopic (exact) mass is 193 g/mol. The molecule has 1 aliphatic heterocycles. The normalized spacial score (nSPS) is 20.3. The summed E-state index contributed by atoms with van der Waals surface area (Å²) in [4.78, 5) is 20.7. The predicted octanol–water partition coefficient (Wildman–Crippen LogP) is 0.279. The van der Waals surface area contributed by atoms with Gasteiger partial charge in [-0.05, 0) is 6.92 Å². The summed E-state index contributed by atoms with van der Waals surface area (Å²) >= 11 is 0. The fourth-order valence-corrected chi connectivity index (χ4v) is 1.43. The van der Waals surface area contributed by atoms with Crippen molar-refractivity contribution in [3.05, 3.63) is 11.8 Å². The summed E-state index contributed by atoms with van der Waals surface area (Å²) < 4.78 is 0. The predicted molar refractivity (Wildman–Crippen MR) is 51.8 cm³/mol. The molecule has 0 aliphatic carbocycles. The van der Waals surface area contributed by atoms with Gasteiger partial charge in [-0.1, -0.05) is 0 Å². The van der Waals surface area contributed by atoms with Crippen LogP contribution in [0, 0.1) is 0 Å². The lowest BCUT2D eigenvalue weighted by atomic mass is 10.1. The Kier molecular flexibility index (Phi) is 1.77. The van der Waals surface area contributed by atoms with Crippen LogP contribution >= 0.6 is 0 Å². The fraction of sp³-hybridized carbons (Fsp3) is 0.375. The summed E-state index contributed by atoms with van der Waals surface area (Å²) in [6.45, 7) is 1.88. The standard InChI is InChI=1S/C8H11N5O/c1-4-5-3-10-7(9)12-6(5)13(2)8(14)11-4/h3-4H,1-2H3,(H,11,14)(H2,9,10,12). The fourth-order valence-electron chi connectivity index (χ4n) is 1.43. The Bertz CT molecular complexity index is 391. The molecule has 0 aromatic carbocycles. The van der Waals surface area contributed by atoms with E-state index < -0.39 is 0 Å². The lowest BCUT2D eigenvalue weighted by Crippen LogP contribution is -2.44. The number of carbonyl (C=O) groups excluding carboxylic acids is 1. The Morgan fingerprint density at radius 1 is 1.64 bits per heavy atom. The zero-order valence-corrected chi connectivity index (χ0v) is 7.98. The van der Waals surface area contributed by atoms with E-state index in [4.69, 9.17) is 5.73 Å². The van der Waals surface area contributed by atoms with E-state index in [0.717, 1.165) is 5.56 Å². The van der Waals surface area contributed by atoms with Crippen molar-refractivity contribution < 1.29 is 4.79 Å². The van der Waals surface area contributed by atoms with Gasteiger partial charge in [-0.15, -0.1) is 0 Å². The maximum Gasteiger partial charge on any atom is 0.323 e. The quantitative estimate of drug-likeness (QED) is 0.619. The van der Waals surface area contributed by atoms with Crippen LogP contribution in [0.5, 0.6) is 0 Å². The lowest BCUT2D eigenvalue weighted by Gasteiger charge is -2.29. The molecule has 0 spiro atoms. The molecule has 74 valence electrons. The summed E-state index contributed by atoms with van der Waals surface area (Å²) in [5.41, 5.74) is 6.33. The van der Waals surface area contributed by atoms with Crippen molar-refractivity contribution >= 4 is 17.8 Å². The number of rotatable bonds is 0. The highest BCUT2D eigenvalue weighted by molar-refractivity contribution is 5.93. The average molecular weight is 193 g/mol. The van der Waals surface area contributed by atoms with Crippen molar-refractivity contribution in [3.63, 3.8) is 0 Å². The van der Waals surface area contributed by atoms with E-state index in [1.165, 1.54) is 4.90 Å². The van der Waals surface area contributed by atoms with E-state index in [1.807, 2.05) is 6.92 Å². The zero-order valence-electron chi connectivity index (χ0n) is 7.98. The summed E-state index contributed by atoms with van der Waals surface area (Å²) in [6.07, 6.45) is 1.64. The minimum atomic E-state index is -0.178. The number of amides is 2. The summed E-state index contributed by atoms with van der Waals surface area (Å²) in [5, 5.41) is 2.77. The van der Waals surface area contributed by atoms with Gasteiger partial charge in [0, 0.05) is 18.8 Å². The number of aromatic nitrogens is 2. The maximum atomic E-state index is 11.4. The molecule has 0 bridgehead atoms. The third-order valence-electron chi connectivity index (χ3n) is 2.24. The minimum Gasteiger partial charge on any atom is -0.368 e. The molecule has 1 unspecified atom stereocenters. The van der Waals surface area contributed by atoms with Crippen molar-refractivity contribution in [1.29, 1.82) is 0 Å². The first-order valence-electron chi connectivity index (χ1n) is 4.26. The molecule has 1 atom stereocenters. The average Bonchev–Trinajstić information content (AvgIpc) is 2.14. The van der Waals surface area contributed by atoms with E-state index in [1.54, 1.807) is 13.2 Å². The number of carbonyl (C=O) groups is 1. The van der Waals surface area contributed by atoms with Crippen LogP contribution < -0.4 is 16.0 Å². The molecule has 1 aromatic rings. The number of fused-ring (bicyclic) bond motifs is 1. The SMILES string of the molecule is CC1NC(=O)N(C)c2nc(N)ncc21. The van der Waals surface area contributed by atoms with Gasteiger partial charge in [-0.2, -0.15) is 4.98 Å². The molecular formula is C8H11N5O. The number of hydrogen-bond acceptors (Lipinski definition) is 4. The zero-order chi connectivity index (χ0) is 10.3. The highest BCUT2D eigenvalue weighted by atomic mass is 16.2. The molecule has 2 rings (SSSR count). The Labute approximate surface area is 81.1 Å². The first-order chi connectivity index (χ1) is 6.59. The molecule has 0 saturated carbocycles. The molecule has 1 aliphatic rings. The minimum absolute atomic E-state index is 0.0747. The summed E-state index contributed by atoms with van der Waals surface area (Å²) in [6, 6.07) is -0.252. The Morgan fingerprint density at radius 2 is 2.36 bits per heavy atom. The second kappa shape index (κ2) is 2.83. The van der Waals surface area contributed by atoms with Crippen LogP contribution in [0.1, 0.15) is 18.5 Å². The first kappa shape index (κ1) is 8.74. The molecule has 6 heteroatoms. The van der Waals surface area contributed by atoms with Crippen LogP contribution in [0.25, 0.3) is 0 Å². The summed E-state index contributed by atoms with van der Waals surface area (Å²) in [5.74, 6) is 0.756. The van der Waals surface area contributed by atoms with Crippen LogP contribution in [0.3, 0.4) is 0 Å². The highest BCUT2D eigenvalue weighted by Crippen LogP contribution is 2.27. The Morgan fingerprint density at radius 3 is 3.07 bits per heavy atom. The molecule has 2 amide bonds. The van der Waals surface area contributed by atoms with E-state index in [2.05, 4.69) is 15.3 Å². The second-order valence-corrected chi connectivity index (χ2v) is 3.24. The third-order valence-corrected chi connectivity index (χ3v) is 2.24. The third kappa shape index (κ3) is 1.15. The van der Waals surface area contributed by atoms with Gasteiger partial charge >= 0.3 is 6.03 Å². The van der Waals surface area contributed by atoms with Gasteiger partial charge in [0.15, 0.2) is 0 Å². The lowest BCUT2D eigenvalue weighted by molar-refractivity contribution is 0.242. The largest absolute Gasteiger partial charge is 0.368 e. The molecule has 2 heterocycles. The number of nitrogens with two attached hydrogens (primary N) is 1. The van der Waals surface area contributed by atoms with Crippen molar-refractivity contribution in [2.75, 3.05) is 17.7 Å². The van der Waals surface area contributed by atoms with Crippen LogP contribution in [-0.4, -0.2) is 23.0 Å². The van der Waals surface area contributed by atoms with Crippen LogP contribution in [0.4, 0.5) is 16.6 Å². The number of nitrogens with zero attached hydrogens (tertiary/aromatic N) is 3. The van der Waals surface area contributed by atoms with Crippen molar-refractivity contribution in [1.82, 2.24) is 15.3 Å². The number of hydrogen-bond donors (Lipinski definition) is 2. The maximum absolute atomic E-state index is 11.4. The van der Waals surface area contributed by atoms with Gasteiger partial charge < -0.3 is 11.1 Å². The molecule has 0 saturated heterocycles. The molecular weight excluding hydrogens is 182 g/mol. The smallest absolute Gasteiger partial charge is 0.323 e. The number of urea groups is 1. The molecule has 3 N–H and O–H groups in total. The van der Waals surface area contributed by atoms with E-state index in [0.29, 0.717) is 5.82 Å². The number of nitrogens with one attached hydrogen (secondary N) is 1. The van der Waals surface area contributed by atoms with Gasteiger partial charge in [-0.3, -0.25) is 4.90 Å². The van der Waals surface area contributed by atoms with Crippen molar-refractivity contribution in [3.8, 4) is 0 Å². The Hall–Kier alpha value is -1.85. The van der Waals surface area contributed by atoms with E-state index in [-0.39, 0.29) is 18.0 Å². The molecule has 1 aromatic heterocycles. The van der Waals surface area contributed by atoms with Gasteiger partial charge in [0.05, 0.1) is 6.04 Å². The van der Waals surface area contributed by atoms with Gasteiger partial charge in [0.25, 0.3) is 0 Å². The topological polar surface area (TPSA) is 84.1 Å². The van der Waals surface area contributed by atoms with E-state index in [9.17, 15) is 4.79 Å².